The van der Waals surface area contributed by atoms with Gasteiger partial charge in [-0.05, 0) is 18.1 Å². The maximum absolute atomic E-state index is 3.75. The van der Waals surface area contributed by atoms with Crippen LogP contribution in [0, 0.1) is 0 Å². The van der Waals surface area contributed by atoms with E-state index in [9.17, 15) is 0 Å². The van der Waals surface area contributed by atoms with E-state index >= 15 is 0 Å². The van der Waals surface area contributed by atoms with Gasteiger partial charge in [-0.2, -0.15) is 0 Å². The number of rotatable bonds is 0. The van der Waals surface area contributed by atoms with Crippen molar-refractivity contribution in [2.24, 2.45) is 0 Å². The normalized spacial score (nSPS) is 25.3. The van der Waals surface area contributed by atoms with Crippen molar-refractivity contribution >= 4 is 27.7 Å². The summed E-state index contributed by atoms with van der Waals surface area (Å²) in [6.45, 7) is 4.61. The van der Waals surface area contributed by atoms with Crippen LogP contribution in [0.5, 0.6) is 0 Å². The van der Waals surface area contributed by atoms with Crippen LogP contribution < -0.4 is 0 Å². The van der Waals surface area contributed by atoms with Crippen LogP contribution in [-0.4, -0.2) is 4.75 Å². The Balaban J connectivity index is 2.43. The maximum Gasteiger partial charge on any atom is 0.0419 e. The lowest BCUT2D eigenvalue weighted by Crippen LogP contribution is -2.21. The summed E-state index contributed by atoms with van der Waals surface area (Å²) in [5, 5.41) is 0. The van der Waals surface area contributed by atoms with Crippen molar-refractivity contribution in [1.82, 2.24) is 0 Å². The fourth-order valence-corrected chi connectivity index (χ4v) is 4.61. The Hall–Kier alpha value is 0.0500. The molecule has 70 valence electrons. The average molecular weight is 257 g/mol. The largest absolute Gasteiger partial charge is 0.120 e. The second-order valence-electron chi connectivity index (χ2n) is 4.07. The molecule has 0 saturated carbocycles. The number of thioether (sulfide) groups is 1. The van der Waals surface area contributed by atoms with E-state index in [2.05, 4.69) is 54.0 Å². The highest BCUT2D eigenvalue weighted by atomic mass is 79.9. The lowest BCUT2D eigenvalue weighted by atomic mass is 10.0. The molecule has 1 aromatic carbocycles. The van der Waals surface area contributed by atoms with E-state index < -0.39 is 0 Å². The zero-order chi connectivity index (χ0) is 9.47. The summed E-state index contributed by atoms with van der Waals surface area (Å²) in [6, 6.07) is 8.67. The van der Waals surface area contributed by atoms with E-state index in [4.69, 9.17) is 0 Å². The molecule has 0 spiro atoms. The smallest absolute Gasteiger partial charge is 0.0419 e. The highest BCUT2D eigenvalue weighted by molar-refractivity contribution is 9.09. The molecule has 1 unspecified atom stereocenters. The lowest BCUT2D eigenvalue weighted by molar-refractivity contribution is 0.617. The van der Waals surface area contributed by atoms with Crippen molar-refractivity contribution in [3.8, 4) is 0 Å². The second kappa shape index (κ2) is 3.32. The molecule has 0 saturated heterocycles. The summed E-state index contributed by atoms with van der Waals surface area (Å²) in [6.07, 6.45) is 1.20. The minimum absolute atomic E-state index is 0.364. The van der Waals surface area contributed by atoms with Gasteiger partial charge in [-0.1, -0.05) is 48.0 Å². The molecule has 0 aliphatic carbocycles. The molecule has 0 radical (unpaired) electrons. The Bertz CT molecular complexity index is 320. The summed E-state index contributed by atoms with van der Waals surface area (Å²) < 4.78 is 0.364. The quantitative estimate of drug-likeness (QED) is 0.621. The first kappa shape index (κ1) is 9.60. The molecule has 0 N–H and O–H groups in total. The standard InChI is InChI=1S/C11H13BrS/c1-11(2)7-9(12)8-5-3-4-6-10(8)13-11/h3-6,9H,7H2,1-2H3. The summed E-state index contributed by atoms with van der Waals surface area (Å²) in [5.74, 6) is 0. The number of hydrogen-bond donors (Lipinski definition) is 0. The Morgan fingerprint density at radius 2 is 2.08 bits per heavy atom. The molecule has 1 aliphatic heterocycles. The molecule has 1 atom stereocenters. The van der Waals surface area contributed by atoms with Gasteiger partial charge in [0.2, 0.25) is 0 Å². The molecule has 0 nitrogen and oxygen atoms in total. The highest BCUT2D eigenvalue weighted by Gasteiger charge is 2.30. The van der Waals surface area contributed by atoms with Crippen LogP contribution in [0.25, 0.3) is 0 Å². The third-order valence-corrected chi connectivity index (χ3v) is 4.44. The second-order valence-corrected chi connectivity index (χ2v) is 6.93. The van der Waals surface area contributed by atoms with Crippen molar-refractivity contribution in [1.29, 1.82) is 0 Å². The molecule has 1 aliphatic rings. The van der Waals surface area contributed by atoms with Crippen molar-refractivity contribution in [3.05, 3.63) is 29.8 Å². The van der Waals surface area contributed by atoms with Gasteiger partial charge < -0.3 is 0 Å². The minimum Gasteiger partial charge on any atom is -0.120 e. The average Bonchev–Trinajstić information content (AvgIpc) is 2.02. The topological polar surface area (TPSA) is 0 Å². The summed E-state index contributed by atoms with van der Waals surface area (Å²) in [5.41, 5.74) is 1.45. The summed E-state index contributed by atoms with van der Waals surface area (Å²) in [4.78, 5) is 1.96. The maximum atomic E-state index is 3.75. The van der Waals surface area contributed by atoms with Crippen LogP contribution in [0.3, 0.4) is 0 Å². The Morgan fingerprint density at radius 3 is 2.85 bits per heavy atom. The van der Waals surface area contributed by atoms with Crippen LogP contribution in [0.4, 0.5) is 0 Å². The molecule has 13 heavy (non-hydrogen) atoms. The first-order valence-electron chi connectivity index (χ1n) is 4.50. The van der Waals surface area contributed by atoms with E-state index in [0.29, 0.717) is 9.57 Å². The van der Waals surface area contributed by atoms with Crippen LogP contribution in [0.15, 0.2) is 29.2 Å². The summed E-state index contributed by atoms with van der Waals surface area (Å²) in [7, 11) is 0. The molecule has 1 aromatic rings. The number of halogens is 1. The van der Waals surface area contributed by atoms with Crippen molar-refractivity contribution in [2.75, 3.05) is 0 Å². The predicted octanol–water partition coefficient (Wildman–Crippen LogP) is 4.40. The van der Waals surface area contributed by atoms with Gasteiger partial charge in [0.1, 0.15) is 0 Å². The zero-order valence-electron chi connectivity index (χ0n) is 7.88. The van der Waals surface area contributed by atoms with E-state index in [1.54, 1.807) is 0 Å². The van der Waals surface area contributed by atoms with Gasteiger partial charge in [0.15, 0.2) is 0 Å². The monoisotopic (exact) mass is 256 g/mol. The van der Waals surface area contributed by atoms with Gasteiger partial charge in [0.25, 0.3) is 0 Å². The molecular weight excluding hydrogens is 244 g/mol. The van der Waals surface area contributed by atoms with Crippen molar-refractivity contribution < 1.29 is 0 Å². The number of fused-ring (bicyclic) bond motifs is 1. The van der Waals surface area contributed by atoms with Gasteiger partial charge >= 0.3 is 0 Å². The fourth-order valence-electron chi connectivity index (χ4n) is 1.71. The first-order valence-corrected chi connectivity index (χ1v) is 6.24. The predicted molar refractivity (Wildman–Crippen MR) is 62.7 cm³/mol. The van der Waals surface area contributed by atoms with E-state index in [1.807, 2.05) is 11.8 Å². The third kappa shape index (κ3) is 1.94. The molecule has 2 heteroatoms. The van der Waals surface area contributed by atoms with Gasteiger partial charge in [-0.3, -0.25) is 0 Å². The number of benzene rings is 1. The molecule has 0 aromatic heterocycles. The minimum atomic E-state index is 0.364. The van der Waals surface area contributed by atoms with E-state index in [-0.39, 0.29) is 0 Å². The van der Waals surface area contributed by atoms with Gasteiger partial charge in [0.05, 0.1) is 0 Å². The molecule has 0 amide bonds. The number of hydrogen-bond acceptors (Lipinski definition) is 1. The Kier molecular flexibility index (Phi) is 2.45. The molecule has 1 heterocycles. The molecule has 0 bridgehead atoms. The Morgan fingerprint density at radius 1 is 1.38 bits per heavy atom. The van der Waals surface area contributed by atoms with Crippen LogP contribution in [0.2, 0.25) is 0 Å². The van der Waals surface area contributed by atoms with Gasteiger partial charge in [0, 0.05) is 14.5 Å². The zero-order valence-corrected chi connectivity index (χ0v) is 10.3. The summed E-state index contributed by atoms with van der Waals surface area (Å²) >= 11 is 5.74. The van der Waals surface area contributed by atoms with Crippen LogP contribution >= 0.6 is 27.7 Å². The van der Waals surface area contributed by atoms with Crippen molar-refractivity contribution in [3.63, 3.8) is 0 Å². The lowest BCUT2D eigenvalue weighted by Gasteiger charge is -2.33. The molecule has 0 fully saturated rings. The van der Waals surface area contributed by atoms with E-state index in [1.165, 1.54) is 16.9 Å². The number of alkyl halides is 1. The molecular formula is C11H13BrS. The first-order chi connectivity index (χ1) is 6.08. The van der Waals surface area contributed by atoms with Gasteiger partial charge in [-0.25, -0.2) is 0 Å². The van der Waals surface area contributed by atoms with Crippen molar-refractivity contribution in [2.45, 2.75) is 34.7 Å². The van der Waals surface area contributed by atoms with Crippen LogP contribution in [0.1, 0.15) is 30.7 Å². The third-order valence-electron chi connectivity index (χ3n) is 2.31. The van der Waals surface area contributed by atoms with Gasteiger partial charge in [-0.15, -0.1) is 11.8 Å². The highest BCUT2D eigenvalue weighted by Crippen LogP contribution is 2.50. The SMILES string of the molecule is CC1(C)CC(Br)c2ccccc2S1. The Labute approximate surface area is 92.2 Å². The fraction of sp³-hybridized carbons (Fsp3) is 0.455. The van der Waals surface area contributed by atoms with E-state index in [0.717, 1.165) is 0 Å². The van der Waals surface area contributed by atoms with Crippen LogP contribution in [-0.2, 0) is 0 Å². The molecule has 2 rings (SSSR count).